The molecule has 76 valence electrons. The topological polar surface area (TPSA) is 64.3 Å². The minimum absolute atomic E-state index is 0.415. The van der Waals surface area contributed by atoms with E-state index in [1.165, 1.54) is 0 Å². The van der Waals surface area contributed by atoms with Crippen LogP contribution < -0.4 is 11.1 Å². The molecule has 0 atom stereocenters. The fourth-order valence-electron chi connectivity index (χ4n) is 0.952. The van der Waals surface area contributed by atoms with Crippen LogP contribution in [0.1, 0.15) is 13.3 Å². The molecule has 0 aromatic heterocycles. The third-order valence-corrected chi connectivity index (χ3v) is 1.63. The molecule has 1 aromatic carbocycles. The average Bonchev–Trinajstić information content (AvgIpc) is 2.18. The largest absolute Gasteiger partial charge is 0.449 e. The molecule has 3 N–H and O–H groups in total. The minimum atomic E-state index is -0.468. The Morgan fingerprint density at radius 2 is 2.21 bits per heavy atom. The molecule has 4 nitrogen and oxygen atoms in total. The van der Waals surface area contributed by atoms with E-state index in [2.05, 4.69) is 5.32 Å². The molecule has 4 heteroatoms. The Morgan fingerprint density at radius 3 is 2.86 bits per heavy atom. The Hall–Kier alpha value is -1.71. The summed E-state index contributed by atoms with van der Waals surface area (Å²) in [5.74, 6) is 0. The van der Waals surface area contributed by atoms with Crippen LogP contribution in [0.25, 0.3) is 0 Å². The van der Waals surface area contributed by atoms with Crippen molar-refractivity contribution in [3.8, 4) is 0 Å². The molecule has 14 heavy (non-hydrogen) atoms. The van der Waals surface area contributed by atoms with Gasteiger partial charge in [0.1, 0.15) is 0 Å². The van der Waals surface area contributed by atoms with Gasteiger partial charge in [-0.2, -0.15) is 0 Å². The van der Waals surface area contributed by atoms with Gasteiger partial charge in [-0.15, -0.1) is 0 Å². The smallest absolute Gasteiger partial charge is 0.411 e. The lowest BCUT2D eigenvalue weighted by atomic mass is 10.3. The molecular weight excluding hydrogens is 180 g/mol. The number of carbonyl (C=O) groups is 1. The van der Waals surface area contributed by atoms with E-state index >= 15 is 0 Å². The van der Waals surface area contributed by atoms with Gasteiger partial charge in [-0.25, -0.2) is 4.79 Å². The molecule has 0 heterocycles. The standard InChI is InChI=1S/C10H14N2O2/c1-2-7-14-10(13)12-9-6-4-3-5-8(9)11/h3-6H,2,7,11H2,1H3,(H,12,13). The highest BCUT2D eigenvalue weighted by Crippen LogP contribution is 2.16. The Balaban J connectivity index is 2.52. The lowest BCUT2D eigenvalue weighted by Gasteiger charge is -2.07. The van der Waals surface area contributed by atoms with Crippen molar-refractivity contribution in [1.82, 2.24) is 0 Å². The van der Waals surface area contributed by atoms with Crippen molar-refractivity contribution in [3.05, 3.63) is 24.3 Å². The quantitative estimate of drug-likeness (QED) is 0.725. The van der Waals surface area contributed by atoms with E-state index in [-0.39, 0.29) is 0 Å². The van der Waals surface area contributed by atoms with E-state index in [4.69, 9.17) is 10.5 Å². The molecule has 1 aromatic rings. The SMILES string of the molecule is CCCOC(=O)Nc1ccccc1N. The van der Waals surface area contributed by atoms with Crippen LogP contribution in [0.3, 0.4) is 0 Å². The zero-order valence-corrected chi connectivity index (χ0v) is 8.12. The van der Waals surface area contributed by atoms with E-state index in [1.807, 2.05) is 6.92 Å². The summed E-state index contributed by atoms with van der Waals surface area (Å²) in [7, 11) is 0. The maximum absolute atomic E-state index is 11.1. The lowest BCUT2D eigenvalue weighted by molar-refractivity contribution is 0.161. The highest BCUT2D eigenvalue weighted by molar-refractivity contribution is 5.88. The number of nitrogens with one attached hydrogen (secondary N) is 1. The van der Waals surface area contributed by atoms with Crippen LogP contribution in [0.2, 0.25) is 0 Å². The fraction of sp³-hybridized carbons (Fsp3) is 0.300. The van der Waals surface area contributed by atoms with Crippen LogP contribution in [0.4, 0.5) is 16.2 Å². The first-order chi connectivity index (χ1) is 6.74. The normalized spacial score (nSPS) is 9.50. The van der Waals surface area contributed by atoms with Gasteiger partial charge in [0.2, 0.25) is 0 Å². The van der Waals surface area contributed by atoms with Crippen molar-refractivity contribution in [2.45, 2.75) is 13.3 Å². The van der Waals surface area contributed by atoms with Crippen LogP contribution >= 0.6 is 0 Å². The summed E-state index contributed by atoms with van der Waals surface area (Å²) in [6.45, 7) is 2.35. The monoisotopic (exact) mass is 194 g/mol. The van der Waals surface area contributed by atoms with Gasteiger partial charge in [-0.05, 0) is 18.6 Å². The number of hydrogen-bond donors (Lipinski definition) is 2. The van der Waals surface area contributed by atoms with Crippen LogP contribution in [0.15, 0.2) is 24.3 Å². The number of ether oxygens (including phenoxy) is 1. The van der Waals surface area contributed by atoms with Crippen molar-refractivity contribution in [2.75, 3.05) is 17.7 Å². The maximum Gasteiger partial charge on any atom is 0.411 e. The van der Waals surface area contributed by atoms with Crippen LogP contribution in [0.5, 0.6) is 0 Å². The maximum atomic E-state index is 11.1. The Kier molecular flexibility index (Phi) is 3.79. The fourth-order valence-corrected chi connectivity index (χ4v) is 0.952. The van der Waals surface area contributed by atoms with Gasteiger partial charge >= 0.3 is 6.09 Å². The Bertz CT molecular complexity index is 313. The summed E-state index contributed by atoms with van der Waals surface area (Å²) in [5, 5.41) is 2.56. The predicted octanol–water partition coefficient (Wildman–Crippen LogP) is 2.23. The number of carbonyl (C=O) groups excluding carboxylic acids is 1. The van der Waals surface area contributed by atoms with Crippen molar-refractivity contribution in [1.29, 1.82) is 0 Å². The summed E-state index contributed by atoms with van der Waals surface area (Å²) >= 11 is 0. The second-order valence-electron chi connectivity index (χ2n) is 2.85. The highest BCUT2D eigenvalue weighted by atomic mass is 16.5. The number of nitrogens with two attached hydrogens (primary N) is 1. The molecule has 0 aliphatic rings. The van der Waals surface area contributed by atoms with Crippen molar-refractivity contribution in [2.24, 2.45) is 0 Å². The molecule has 0 fully saturated rings. The predicted molar refractivity (Wildman–Crippen MR) is 56.1 cm³/mol. The van der Waals surface area contributed by atoms with E-state index in [0.29, 0.717) is 18.0 Å². The third kappa shape index (κ3) is 2.97. The molecule has 0 aliphatic carbocycles. The number of anilines is 2. The number of para-hydroxylation sites is 2. The summed E-state index contributed by atoms with van der Waals surface area (Å²) in [4.78, 5) is 11.1. The number of hydrogen-bond acceptors (Lipinski definition) is 3. The first-order valence-electron chi connectivity index (χ1n) is 4.52. The van der Waals surface area contributed by atoms with Crippen LogP contribution in [-0.4, -0.2) is 12.7 Å². The third-order valence-electron chi connectivity index (χ3n) is 1.63. The van der Waals surface area contributed by atoms with Gasteiger partial charge in [0.05, 0.1) is 18.0 Å². The molecule has 1 rings (SSSR count). The first kappa shape index (κ1) is 10.4. The molecular formula is C10H14N2O2. The van der Waals surface area contributed by atoms with E-state index in [0.717, 1.165) is 6.42 Å². The first-order valence-corrected chi connectivity index (χ1v) is 4.52. The lowest BCUT2D eigenvalue weighted by Crippen LogP contribution is -2.14. The average molecular weight is 194 g/mol. The van der Waals surface area contributed by atoms with Gasteiger partial charge in [-0.1, -0.05) is 19.1 Å². The van der Waals surface area contributed by atoms with E-state index in [1.54, 1.807) is 24.3 Å². The van der Waals surface area contributed by atoms with Crippen LogP contribution in [-0.2, 0) is 4.74 Å². The van der Waals surface area contributed by atoms with Gasteiger partial charge in [0.25, 0.3) is 0 Å². The number of nitrogen functional groups attached to an aromatic ring is 1. The van der Waals surface area contributed by atoms with Gasteiger partial charge in [0.15, 0.2) is 0 Å². The molecule has 0 bridgehead atoms. The van der Waals surface area contributed by atoms with Crippen molar-refractivity contribution in [3.63, 3.8) is 0 Å². The van der Waals surface area contributed by atoms with Crippen molar-refractivity contribution >= 4 is 17.5 Å². The molecule has 0 unspecified atom stereocenters. The second kappa shape index (κ2) is 5.11. The van der Waals surface area contributed by atoms with E-state index in [9.17, 15) is 4.79 Å². The Morgan fingerprint density at radius 1 is 1.50 bits per heavy atom. The summed E-state index contributed by atoms with van der Waals surface area (Å²) in [6.07, 6.45) is 0.335. The summed E-state index contributed by atoms with van der Waals surface area (Å²) < 4.78 is 4.84. The van der Waals surface area contributed by atoms with Crippen molar-refractivity contribution < 1.29 is 9.53 Å². The Labute approximate surface area is 83.1 Å². The summed E-state index contributed by atoms with van der Waals surface area (Å²) in [5.41, 5.74) is 6.73. The van der Waals surface area contributed by atoms with E-state index < -0.39 is 6.09 Å². The van der Waals surface area contributed by atoms with Gasteiger partial charge in [-0.3, -0.25) is 5.32 Å². The molecule has 0 saturated heterocycles. The number of rotatable bonds is 3. The zero-order chi connectivity index (χ0) is 10.4. The molecule has 0 radical (unpaired) electrons. The second-order valence-corrected chi connectivity index (χ2v) is 2.85. The molecule has 1 amide bonds. The zero-order valence-electron chi connectivity index (χ0n) is 8.12. The van der Waals surface area contributed by atoms with Gasteiger partial charge in [0, 0.05) is 0 Å². The number of benzene rings is 1. The summed E-state index contributed by atoms with van der Waals surface area (Å²) in [6, 6.07) is 7.04. The van der Waals surface area contributed by atoms with Gasteiger partial charge < -0.3 is 10.5 Å². The molecule has 0 spiro atoms. The van der Waals surface area contributed by atoms with Crippen LogP contribution in [0, 0.1) is 0 Å². The molecule has 0 aliphatic heterocycles. The minimum Gasteiger partial charge on any atom is -0.449 e. The highest BCUT2D eigenvalue weighted by Gasteiger charge is 2.03. The molecule has 0 saturated carbocycles. The number of amides is 1.